The monoisotopic (exact) mass is 331 g/mol. The maximum atomic E-state index is 12.2. The maximum absolute atomic E-state index is 12.2. The summed E-state index contributed by atoms with van der Waals surface area (Å²) < 4.78 is 5.58. The highest BCUT2D eigenvalue weighted by atomic mass is 16.5. The summed E-state index contributed by atoms with van der Waals surface area (Å²) in [5.74, 6) is 1.19. The molecule has 1 unspecified atom stereocenters. The maximum Gasteiger partial charge on any atom is 0.237 e. The first-order valence-corrected chi connectivity index (χ1v) is 9.04. The molecule has 1 aromatic carbocycles. The summed E-state index contributed by atoms with van der Waals surface area (Å²) in [6.45, 7) is 11.7. The van der Waals surface area contributed by atoms with E-state index < -0.39 is 0 Å². The number of ether oxygens (including phenoxy) is 1. The zero-order chi connectivity index (χ0) is 17.1. The number of amides is 1. The van der Waals surface area contributed by atoms with Gasteiger partial charge < -0.3 is 10.1 Å². The number of fused-ring (bicyclic) bond motifs is 1. The molecule has 132 valence electrons. The van der Waals surface area contributed by atoms with Crippen LogP contribution in [0, 0.1) is 0 Å². The molecule has 2 aliphatic rings. The number of hydrogen-bond donors (Lipinski definition) is 1. The Kier molecular flexibility index (Phi) is 5.41. The summed E-state index contributed by atoms with van der Waals surface area (Å²) in [6.07, 6.45) is 1.03. The standard InChI is InChI=1S/C19H29N3O2/c1-14(2)20-19(23)15(3)22-9-7-21(8-10-22)13-16-4-5-18-17(12-16)6-11-24-18/h4-5,12,14-15H,6-11,13H2,1-3H3,(H,20,23). The van der Waals surface area contributed by atoms with Gasteiger partial charge in [-0.05, 0) is 38.0 Å². The van der Waals surface area contributed by atoms with Gasteiger partial charge in [0, 0.05) is 45.2 Å². The molecule has 3 rings (SSSR count). The summed E-state index contributed by atoms with van der Waals surface area (Å²) in [5.41, 5.74) is 2.70. The molecule has 1 saturated heterocycles. The number of carbonyl (C=O) groups excluding carboxylic acids is 1. The molecule has 0 saturated carbocycles. The van der Waals surface area contributed by atoms with E-state index in [1.807, 2.05) is 20.8 Å². The van der Waals surface area contributed by atoms with Crippen molar-refractivity contribution < 1.29 is 9.53 Å². The van der Waals surface area contributed by atoms with Gasteiger partial charge in [-0.3, -0.25) is 14.6 Å². The van der Waals surface area contributed by atoms with Crippen LogP contribution < -0.4 is 10.1 Å². The minimum Gasteiger partial charge on any atom is -0.493 e. The van der Waals surface area contributed by atoms with Crippen LogP contribution in [0.3, 0.4) is 0 Å². The predicted molar refractivity (Wildman–Crippen MR) is 95.2 cm³/mol. The van der Waals surface area contributed by atoms with E-state index in [9.17, 15) is 4.79 Å². The minimum atomic E-state index is -0.0494. The Balaban J connectivity index is 1.49. The van der Waals surface area contributed by atoms with Gasteiger partial charge in [-0.15, -0.1) is 0 Å². The Labute approximate surface area is 145 Å². The Morgan fingerprint density at radius 2 is 1.96 bits per heavy atom. The Morgan fingerprint density at radius 1 is 1.21 bits per heavy atom. The van der Waals surface area contributed by atoms with Crippen molar-refractivity contribution in [1.29, 1.82) is 0 Å². The number of hydrogen-bond acceptors (Lipinski definition) is 4. The lowest BCUT2D eigenvalue weighted by Crippen LogP contribution is -2.54. The van der Waals surface area contributed by atoms with Gasteiger partial charge in [-0.1, -0.05) is 12.1 Å². The van der Waals surface area contributed by atoms with Crippen molar-refractivity contribution in [2.24, 2.45) is 0 Å². The van der Waals surface area contributed by atoms with E-state index >= 15 is 0 Å². The fourth-order valence-corrected chi connectivity index (χ4v) is 3.48. The third-order valence-corrected chi connectivity index (χ3v) is 4.93. The van der Waals surface area contributed by atoms with Crippen LogP contribution in [-0.2, 0) is 17.8 Å². The van der Waals surface area contributed by atoms with Crippen molar-refractivity contribution in [3.05, 3.63) is 29.3 Å². The van der Waals surface area contributed by atoms with Gasteiger partial charge in [0.1, 0.15) is 5.75 Å². The number of piperazine rings is 1. The van der Waals surface area contributed by atoms with E-state index in [1.165, 1.54) is 11.1 Å². The lowest BCUT2D eigenvalue weighted by atomic mass is 10.1. The number of benzene rings is 1. The topological polar surface area (TPSA) is 44.8 Å². The minimum absolute atomic E-state index is 0.0494. The van der Waals surface area contributed by atoms with E-state index in [0.717, 1.165) is 51.5 Å². The molecule has 0 bridgehead atoms. The Bertz CT molecular complexity index is 580. The number of nitrogens with one attached hydrogen (secondary N) is 1. The van der Waals surface area contributed by atoms with Gasteiger partial charge in [0.15, 0.2) is 0 Å². The molecule has 24 heavy (non-hydrogen) atoms. The highest BCUT2D eigenvalue weighted by Crippen LogP contribution is 2.26. The molecule has 2 aliphatic heterocycles. The van der Waals surface area contributed by atoms with Crippen LogP contribution in [-0.4, -0.2) is 60.6 Å². The van der Waals surface area contributed by atoms with E-state index in [0.29, 0.717) is 0 Å². The normalized spacial score (nSPS) is 19.8. The predicted octanol–water partition coefficient (Wildman–Crippen LogP) is 1.65. The van der Waals surface area contributed by atoms with Crippen LogP contribution in [0.25, 0.3) is 0 Å². The largest absolute Gasteiger partial charge is 0.493 e. The zero-order valence-corrected chi connectivity index (χ0v) is 15.0. The number of nitrogens with zero attached hydrogens (tertiary/aromatic N) is 2. The van der Waals surface area contributed by atoms with E-state index in [1.54, 1.807) is 0 Å². The molecule has 5 heteroatoms. The molecule has 0 spiro atoms. The second-order valence-corrected chi connectivity index (χ2v) is 7.19. The van der Waals surface area contributed by atoms with Crippen LogP contribution in [0.5, 0.6) is 5.75 Å². The molecule has 1 amide bonds. The third kappa shape index (κ3) is 4.08. The Morgan fingerprint density at radius 3 is 2.67 bits per heavy atom. The van der Waals surface area contributed by atoms with E-state index in [-0.39, 0.29) is 18.0 Å². The summed E-state index contributed by atoms with van der Waals surface area (Å²) in [5, 5.41) is 3.01. The van der Waals surface area contributed by atoms with Gasteiger partial charge in [-0.25, -0.2) is 0 Å². The van der Waals surface area contributed by atoms with E-state index in [2.05, 4.69) is 33.3 Å². The second-order valence-electron chi connectivity index (χ2n) is 7.19. The molecule has 1 fully saturated rings. The van der Waals surface area contributed by atoms with Crippen LogP contribution in [0.1, 0.15) is 31.9 Å². The molecular weight excluding hydrogens is 302 g/mol. The Hall–Kier alpha value is -1.59. The lowest BCUT2D eigenvalue weighted by Gasteiger charge is -2.37. The van der Waals surface area contributed by atoms with Crippen LogP contribution in [0.4, 0.5) is 0 Å². The van der Waals surface area contributed by atoms with E-state index in [4.69, 9.17) is 4.74 Å². The number of rotatable bonds is 5. The van der Waals surface area contributed by atoms with Crippen molar-refractivity contribution in [3.8, 4) is 5.75 Å². The molecule has 0 radical (unpaired) electrons. The molecule has 5 nitrogen and oxygen atoms in total. The summed E-state index contributed by atoms with van der Waals surface area (Å²) >= 11 is 0. The SMILES string of the molecule is CC(C)NC(=O)C(C)N1CCN(Cc2ccc3c(c2)CCO3)CC1. The van der Waals surface area contributed by atoms with Crippen molar-refractivity contribution >= 4 is 5.91 Å². The quantitative estimate of drug-likeness (QED) is 0.891. The van der Waals surface area contributed by atoms with Crippen LogP contribution in [0.15, 0.2) is 18.2 Å². The van der Waals surface area contributed by atoms with Gasteiger partial charge in [-0.2, -0.15) is 0 Å². The first-order valence-electron chi connectivity index (χ1n) is 9.04. The zero-order valence-electron chi connectivity index (χ0n) is 15.0. The van der Waals surface area contributed by atoms with Gasteiger partial charge in [0.25, 0.3) is 0 Å². The lowest BCUT2D eigenvalue weighted by molar-refractivity contribution is -0.127. The average Bonchev–Trinajstić information content (AvgIpc) is 3.02. The molecule has 2 heterocycles. The molecule has 0 aliphatic carbocycles. The average molecular weight is 331 g/mol. The summed E-state index contributed by atoms with van der Waals surface area (Å²) in [7, 11) is 0. The fourth-order valence-electron chi connectivity index (χ4n) is 3.48. The van der Waals surface area contributed by atoms with Gasteiger partial charge in [0.05, 0.1) is 12.6 Å². The highest BCUT2D eigenvalue weighted by Gasteiger charge is 2.26. The summed E-state index contributed by atoms with van der Waals surface area (Å²) in [6, 6.07) is 6.71. The smallest absolute Gasteiger partial charge is 0.237 e. The van der Waals surface area contributed by atoms with Gasteiger partial charge >= 0.3 is 0 Å². The first kappa shape index (κ1) is 17.2. The van der Waals surface area contributed by atoms with Crippen molar-refractivity contribution in [1.82, 2.24) is 15.1 Å². The van der Waals surface area contributed by atoms with Crippen molar-refractivity contribution in [3.63, 3.8) is 0 Å². The molecule has 1 aromatic rings. The molecular formula is C19H29N3O2. The van der Waals surface area contributed by atoms with Crippen molar-refractivity contribution in [2.75, 3.05) is 32.8 Å². The fraction of sp³-hybridized carbons (Fsp3) is 0.632. The number of carbonyl (C=O) groups is 1. The van der Waals surface area contributed by atoms with Crippen molar-refractivity contribution in [2.45, 2.75) is 45.8 Å². The molecule has 0 aromatic heterocycles. The third-order valence-electron chi connectivity index (χ3n) is 4.93. The molecule has 1 N–H and O–H groups in total. The van der Waals surface area contributed by atoms with Gasteiger partial charge in [0.2, 0.25) is 5.91 Å². The highest BCUT2D eigenvalue weighted by molar-refractivity contribution is 5.81. The van der Waals surface area contributed by atoms with Crippen LogP contribution >= 0.6 is 0 Å². The first-order chi connectivity index (χ1) is 11.5. The second kappa shape index (κ2) is 7.53. The molecule has 1 atom stereocenters. The van der Waals surface area contributed by atoms with Crippen LogP contribution in [0.2, 0.25) is 0 Å². The summed E-state index contributed by atoms with van der Waals surface area (Å²) in [4.78, 5) is 16.9.